The molecule has 0 unspecified atom stereocenters. The van der Waals surface area contributed by atoms with E-state index in [1.807, 2.05) is 43.8 Å². The number of benzene rings is 1. The molecular weight excluding hydrogens is 312 g/mol. The standard InChI is InChI=1S/C16H18N4O2S/c1-11-4-5-12(2)14(8-11)21-9-15-18-19-16(22-15)23-10-13-6-7-17-20(13)3/h4-8H,9-10H2,1-3H3. The van der Waals surface area contributed by atoms with E-state index in [9.17, 15) is 0 Å². The minimum atomic E-state index is 0.267. The highest BCUT2D eigenvalue weighted by Crippen LogP contribution is 2.23. The summed E-state index contributed by atoms with van der Waals surface area (Å²) in [5, 5.41) is 12.7. The first-order chi connectivity index (χ1) is 11.1. The third-order valence-corrected chi connectivity index (χ3v) is 4.26. The molecule has 0 aliphatic carbocycles. The van der Waals surface area contributed by atoms with Gasteiger partial charge in [0.15, 0.2) is 6.61 Å². The number of aromatic nitrogens is 4. The Morgan fingerprint density at radius 1 is 1.22 bits per heavy atom. The molecular formula is C16H18N4O2S. The number of hydrogen-bond donors (Lipinski definition) is 0. The highest BCUT2D eigenvalue weighted by Gasteiger charge is 2.10. The highest BCUT2D eigenvalue weighted by atomic mass is 32.2. The second-order valence-electron chi connectivity index (χ2n) is 5.25. The molecule has 0 saturated carbocycles. The normalized spacial score (nSPS) is 10.9. The molecule has 3 aromatic rings. The molecule has 0 aliphatic rings. The lowest BCUT2D eigenvalue weighted by Crippen LogP contribution is -1.97. The zero-order chi connectivity index (χ0) is 16.2. The molecule has 7 heteroatoms. The Labute approximate surface area is 138 Å². The Bertz CT molecular complexity index is 797. The lowest BCUT2D eigenvalue weighted by atomic mass is 10.1. The number of hydrogen-bond acceptors (Lipinski definition) is 6. The van der Waals surface area contributed by atoms with E-state index in [2.05, 4.69) is 21.4 Å². The Balaban J connectivity index is 1.57. The van der Waals surface area contributed by atoms with Gasteiger partial charge in [-0.2, -0.15) is 5.10 Å². The lowest BCUT2D eigenvalue weighted by molar-refractivity contribution is 0.250. The monoisotopic (exact) mass is 330 g/mol. The molecule has 1 aromatic carbocycles. The smallest absolute Gasteiger partial charge is 0.277 e. The predicted molar refractivity (Wildman–Crippen MR) is 87.3 cm³/mol. The minimum absolute atomic E-state index is 0.267. The van der Waals surface area contributed by atoms with Gasteiger partial charge in [-0.3, -0.25) is 4.68 Å². The van der Waals surface area contributed by atoms with E-state index in [-0.39, 0.29) is 6.61 Å². The Hall–Kier alpha value is -2.28. The van der Waals surface area contributed by atoms with Crippen LogP contribution in [0.15, 0.2) is 40.1 Å². The summed E-state index contributed by atoms with van der Waals surface area (Å²) in [7, 11) is 1.91. The average molecular weight is 330 g/mol. The lowest BCUT2D eigenvalue weighted by Gasteiger charge is -2.07. The molecule has 2 aromatic heterocycles. The van der Waals surface area contributed by atoms with Crippen LogP contribution in [0.25, 0.3) is 0 Å². The first-order valence-corrected chi connectivity index (χ1v) is 8.22. The van der Waals surface area contributed by atoms with Crippen LogP contribution in [0.5, 0.6) is 5.75 Å². The van der Waals surface area contributed by atoms with E-state index < -0.39 is 0 Å². The van der Waals surface area contributed by atoms with Crippen LogP contribution >= 0.6 is 11.8 Å². The molecule has 0 aliphatic heterocycles. The van der Waals surface area contributed by atoms with Gasteiger partial charge in [0.1, 0.15) is 5.75 Å². The van der Waals surface area contributed by atoms with Crippen LogP contribution in [0, 0.1) is 13.8 Å². The minimum Gasteiger partial charge on any atom is -0.484 e. The van der Waals surface area contributed by atoms with Gasteiger partial charge in [-0.1, -0.05) is 23.9 Å². The van der Waals surface area contributed by atoms with Gasteiger partial charge >= 0.3 is 0 Å². The van der Waals surface area contributed by atoms with Crippen molar-refractivity contribution in [1.82, 2.24) is 20.0 Å². The molecule has 0 fully saturated rings. The summed E-state index contributed by atoms with van der Waals surface area (Å²) in [6, 6.07) is 8.06. The first-order valence-electron chi connectivity index (χ1n) is 7.24. The molecule has 3 rings (SSSR count). The van der Waals surface area contributed by atoms with Crippen molar-refractivity contribution in [3.8, 4) is 5.75 Å². The van der Waals surface area contributed by atoms with E-state index in [0.29, 0.717) is 11.1 Å². The maximum Gasteiger partial charge on any atom is 0.277 e. The highest BCUT2D eigenvalue weighted by molar-refractivity contribution is 7.98. The molecule has 0 spiro atoms. The van der Waals surface area contributed by atoms with Gasteiger partial charge in [0.05, 0.1) is 0 Å². The van der Waals surface area contributed by atoms with Crippen molar-refractivity contribution in [3.05, 3.63) is 53.2 Å². The van der Waals surface area contributed by atoms with Crippen molar-refractivity contribution in [2.45, 2.75) is 31.4 Å². The second-order valence-corrected chi connectivity index (χ2v) is 6.18. The maximum atomic E-state index is 5.77. The third kappa shape index (κ3) is 3.92. The number of nitrogens with zero attached hydrogens (tertiary/aromatic N) is 4. The van der Waals surface area contributed by atoms with Crippen molar-refractivity contribution in [3.63, 3.8) is 0 Å². The van der Waals surface area contributed by atoms with Crippen molar-refractivity contribution < 1.29 is 9.15 Å². The van der Waals surface area contributed by atoms with Gasteiger partial charge in [0.2, 0.25) is 0 Å². The van der Waals surface area contributed by atoms with Crippen LogP contribution in [-0.2, 0) is 19.4 Å². The Morgan fingerprint density at radius 3 is 2.87 bits per heavy atom. The van der Waals surface area contributed by atoms with Crippen molar-refractivity contribution in [2.24, 2.45) is 7.05 Å². The third-order valence-electron chi connectivity index (χ3n) is 3.41. The molecule has 0 saturated heterocycles. The average Bonchev–Trinajstić information content (AvgIpc) is 3.15. The number of ether oxygens (including phenoxy) is 1. The maximum absolute atomic E-state index is 5.77. The van der Waals surface area contributed by atoms with Crippen LogP contribution in [0.4, 0.5) is 0 Å². The van der Waals surface area contributed by atoms with Crippen LogP contribution in [0.1, 0.15) is 22.7 Å². The van der Waals surface area contributed by atoms with Crippen LogP contribution < -0.4 is 4.74 Å². The molecule has 120 valence electrons. The van der Waals surface area contributed by atoms with Crippen molar-refractivity contribution >= 4 is 11.8 Å². The number of rotatable bonds is 6. The number of thioether (sulfide) groups is 1. The molecule has 0 radical (unpaired) electrons. The fraction of sp³-hybridized carbons (Fsp3) is 0.312. The number of aryl methyl sites for hydroxylation is 3. The van der Waals surface area contributed by atoms with E-state index in [1.54, 1.807) is 6.20 Å². The zero-order valence-corrected chi connectivity index (χ0v) is 14.1. The van der Waals surface area contributed by atoms with E-state index in [1.165, 1.54) is 11.8 Å². The quantitative estimate of drug-likeness (QED) is 0.646. The predicted octanol–water partition coefficient (Wildman–Crippen LogP) is 3.29. The Kier molecular flexibility index (Phi) is 4.66. The van der Waals surface area contributed by atoms with Gasteiger partial charge in [-0.15, -0.1) is 10.2 Å². The van der Waals surface area contributed by atoms with Gasteiger partial charge in [-0.25, -0.2) is 0 Å². The molecule has 0 amide bonds. The summed E-state index contributed by atoms with van der Waals surface area (Å²) >= 11 is 1.48. The fourth-order valence-corrected chi connectivity index (χ4v) is 2.84. The second kappa shape index (κ2) is 6.87. The molecule has 2 heterocycles. The first kappa shape index (κ1) is 15.6. The summed E-state index contributed by atoms with van der Waals surface area (Å²) in [6.45, 7) is 4.31. The van der Waals surface area contributed by atoms with Gasteiger partial charge < -0.3 is 9.15 Å². The van der Waals surface area contributed by atoms with E-state index in [4.69, 9.17) is 9.15 Å². The molecule has 6 nitrogen and oxygen atoms in total. The molecule has 23 heavy (non-hydrogen) atoms. The Morgan fingerprint density at radius 2 is 2.09 bits per heavy atom. The van der Waals surface area contributed by atoms with Gasteiger partial charge in [0.25, 0.3) is 11.1 Å². The van der Waals surface area contributed by atoms with Crippen LogP contribution in [-0.4, -0.2) is 20.0 Å². The summed E-state index contributed by atoms with van der Waals surface area (Å²) < 4.78 is 13.2. The largest absolute Gasteiger partial charge is 0.484 e. The molecule has 0 N–H and O–H groups in total. The zero-order valence-electron chi connectivity index (χ0n) is 13.3. The van der Waals surface area contributed by atoms with Gasteiger partial charge in [-0.05, 0) is 37.1 Å². The summed E-state index contributed by atoms with van der Waals surface area (Å²) in [4.78, 5) is 0. The van der Waals surface area contributed by atoms with Crippen molar-refractivity contribution in [2.75, 3.05) is 0 Å². The summed E-state index contributed by atoms with van der Waals surface area (Å²) in [6.07, 6.45) is 1.77. The fourth-order valence-electron chi connectivity index (χ4n) is 2.04. The SMILES string of the molecule is Cc1ccc(C)c(OCc2nnc(SCc3ccnn3C)o2)c1. The van der Waals surface area contributed by atoms with Crippen LogP contribution in [0.3, 0.4) is 0 Å². The van der Waals surface area contributed by atoms with Crippen molar-refractivity contribution in [1.29, 1.82) is 0 Å². The van der Waals surface area contributed by atoms with E-state index in [0.717, 1.165) is 28.3 Å². The van der Waals surface area contributed by atoms with E-state index >= 15 is 0 Å². The molecule has 0 bridgehead atoms. The topological polar surface area (TPSA) is 66.0 Å². The molecule has 0 atom stereocenters. The summed E-state index contributed by atoms with van der Waals surface area (Å²) in [5.41, 5.74) is 3.34. The van der Waals surface area contributed by atoms with Crippen LogP contribution in [0.2, 0.25) is 0 Å². The van der Waals surface area contributed by atoms with Gasteiger partial charge in [0, 0.05) is 24.7 Å². The summed E-state index contributed by atoms with van der Waals surface area (Å²) in [5.74, 6) is 2.04.